The predicted octanol–water partition coefficient (Wildman–Crippen LogP) is 4.20. The van der Waals surface area contributed by atoms with Gasteiger partial charge in [-0.05, 0) is 78.6 Å². The monoisotopic (exact) mass is 333 g/mol. The maximum atomic E-state index is 12.8. The summed E-state index contributed by atoms with van der Waals surface area (Å²) in [5.74, 6) is 0.416. The lowest BCUT2D eigenvalue weighted by molar-refractivity contribution is 0.0772. The predicted molar refractivity (Wildman–Crippen MR) is 99.7 cm³/mol. The average Bonchev–Trinajstić information content (AvgIpc) is 2.68. The van der Waals surface area contributed by atoms with E-state index in [2.05, 4.69) is 18.2 Å². The molecule has 2 aromatic carbocycles. The molecule has 1 N–H and O–H groups in total. The molecule has 3 nitrogen and oxygen atoms in total. The van der Waals surface area contributed by atoms with Crippen LogP contribution in [0.3, 0.4) is 0 Å². The molecule has 0 atom stereocenters. The molecule has 4 rings (SSSR count). The number of amides is 1. The molecule has 25 heavy (non-hydrogen) atoms. The fraction of sp³-hybridized carbons (Fsp3) is 0.318. The van der Waals surface area contributed by atoms with Crippen LogP contribution in [0.15, 0.2) is 48.5 Å². The Morgan fingerprint density at radius 1 is 0.920 bits per heavy atom. The number of phenols is 1. The number of carbonyl (C=O) groups is 1. The average molecular weight is 333 g/mol. The molecule has 2 aromatic rings. The van der Waals surface area contributed by atoms with Crippen molar-refractivity contribution in [1.29, 1.82) is 0 Å². The summed E-state index contributed by atoms with van der Waals surface area (Å²) >= 11 is 0. The Morgan fingerprint density at radius 3 is 2.40 bits per heavy atom. The molecule has 128 valence electrons. The van der Waals surface area contributed by atoms with Gasteiger partial charge in [0.2, 0.25) is 0 Å². The van der Waals surface area contributed by atoms with Crippen molar-refractivity contribution < 1.29 is 9.90 Å². The third kappa shape index (κ3) is 3.32. The Kier molecular flexibility index (Phi) is 4.31. The van der Waals surface area contributed by atoms with Gasteiger partial charge in [-0.25, -0.2) is 0 Å². The lowest BCUT2D eigenvalue weighted by Gasteiger charge is -2.27. The summed E-state index contributed by atoms with van der Waals surface area (Å²) in [7, 11) is 0. The fourth-order valence-corrected chi connectivity index (χ4v) is 3.84. The van der Waals surface area contributed by atoms with Crippen molar-refractivity contribution in [3.8, 4) is 5.75 Å². The van der Waals surface area contributed by atoms with Crippen LogP contribution < -0.4 is 0 Å². The van der Waals surface area contributed by atoms with Crippen LogP contribution in [0.2, 0.25) is 0 Å². The number of hydrogen-bond donors (Lipinski definition) is 1. The van der Waals surface area contributed by atoms with Crippen molar-refractivity contribution in [2.24, 2.45) is 0 Å². The molecule has 0 radical (unpaired) electrons. The molecule has 2 aliphatic rings. The lowest BCUT2D eigenvalue weighted by atomic mass is 9.90. The first-order valence-electron chi connectivity index (χ1n) is 9.10. The summed E-state index contributed by atoms with van der Waals surface area (Å²) < 4.78 is 0. The summed E-state index contributed by atoms with van der Waals surface area (Å²) in [4.78, 5) is 14.8. The standard InChI is InChI=1S/C22H23NO2/c24-21-9-7-17(8-10-21)18-11-13-23(14-12-18)22(25)20-6-5-16-3-1-2-4-19(16)15-20/h5-11,15,24H,1-4,12-14H2. The summed E-state index contributed by atoms with van der Waals surface area (Å²) in [5.41, 5.74) is 5.96. The molecular weight excluding hydrogens is 310 g/mol. The van der Waals surface area contributed by atoms with Gasteiger partial charge in [0.1, 0.15) is 5.75 Å². The van der Waals surface area contributed by atoms with Crippen molar-refractivity contribution in [2.45, 2.75) is 32.1 Å². The van der Waals surface area contributed by atoms with Crippen molar-refractivity contribution >= 4 is 11.5 Å². The molecule has 1 aliphatic carbocycles. The molecule has 0 unspecified atom stereocenters. The molecular formula is C22H23NO2. The van der Waals surface area contributed by atoms with Crippen LogP contribution in [-0.4, -0.2) is 29.0 Å². The minimum atomic E-state index is 0.134. The number of hydrogen-bond acceptors (Lipinski definition) is 2. The van der Waals surface area contributed by atoms with E-state index in [9.17, 15) is 9.90 Å². The van der Waals surface area contributed by atoms with Crippen LogP contribution in [0.1, 0.15) is 46.3 Å². The van der Waals surface area contributed by atoms with Crippen LogP contribution in [-0.2, 0) is 12.8 Å². The highest BCUT2D eigenvalue weighted by atomic mass is 16.3. The van der Waals surface area contributed by atoms with Crippen molar-refractivity contribution in [3.63, 3.8) is 0 Å². The Hall–Kier alpha value is -2.55. The Labute approximate surface area is 148 Å². The van der Waals surface area contributed by atoms with E-state index < -0.39 is 0 Å². The maximum absolute atomic E-state index is 12.8. The molecule has 0 saturated heterocycles. The Balaban J connectivity index is 1.48. The normalized spacial score (nSPS) is 17.0. The van der Waals surface area contributed by atoms with Gasteiger partial charge in [-0.3, -0.25) is 4.79 Å². The second-order valence-electron chi connectivity index (χ2n) is 6.97. The number of nitrogens with zero attached hydrogens (tertiary/aromatic N) is 1. The van der Waals surface area contributed by atoms with Gasteiger partial charge in [0.05, 0.1) is 0 Å². The third-order valence-corrected chi connectivity index (χ3v) is 5.33. The van der Waals surface area contributed by atoms with E-state index in [1.54, 1.807) is 12.1 Å². The SMILES string of the molecule is O=C(c1ccc2c(c1)CCCC2)N1CC=C(c2ccc(O)cc2)CC1. The number of benzene rings is 2. The van der Waals surface area contributed by atoms with Crippen LogP contribution in [0, 0.1) is 0 Å². The van der Waals surface area contributed by atoms with E-state index in [-0.39, 0.29) is 11.7 Å². The number of fused-ring (bicyclic) bond motifs is 1. The van der Waals surface area contributed by atoms with Crippen molar-refractivity contribution in [2.75, 3.05) is 13.1 Å². The molecule has 1 heterocycles. The molecule has 1 aliphatic heterocycles. The summed E-state index contributed by atoms with van der Waals surface area (Å²) in [6, 6.07) is 13.5. The van der Waals surface area contributed by atoms with E-state index in [4.69, 9.17) is 0 Å². The number of aromatic hydroxyl groups is 1. The Bertz CT molecular complexity index is 820. The van der Waals surface area contributed by atoms with Gasteiger partial charge in [0.15, 0.2) is 0 Å². The Morgan fingerprint density at radius 2 is 1.68 bits per heavy atom. The molecule has 3 heteroatoms. The fourth-order valence-electron chi connectivity index (χ4n) is 3.84. The van der Waals surface area contributed by atoms with Crippen LogP contribution in [0.5, 0.6) is 5.75 Å². The highest BCUT2D eigenvalue weighted by Gasteiger charge is 2.20. The molecule has 0 aromatic heterocycles. The first kappa shape index (κ1) is 15.9. The van der Waals surface area contributed by atoms with Gasteiger partial charge >= 0.3 is 0 Å². The van der Waals surface area contributed by atoms with Gasteiger partial charge in [0, 0.05) is 18.7 Å². The number of carbonyl (C=O) groups excluding carboxylic acids is 1. The van der Waals surface area contributed by atoms with Gasteiger partial charge < -0.3 is 10.0 Å². The first-order chi connectivity index (χ1) is 12.2. The summed E-state index contributed by atoms with van der Waals surface area (Å²) in [6.07, 6.45) is 7.71. The maximum Gasteiger partial charge on any atom is 0.254 e. The second kappa shape index (κ2) is 6.75. The van der Waals surface area contributed by atoms with Gasteiger partial charge in [-0.15, -0.1) is 0 Å². The first-order valence-corrected chi connectivity index (χ1v) is 9.10. The summed E-state index contributed by atoms with van der Waals surface area (Å²) in [6.45, 7) is 1.38. The topological polar surface area (TPSA) is 40.5 Å². The van der Waals surface area contributed by atoms with Crippen LogP contribution >= 0.6 is 0 Å². The zero-order valence-electron chi connectivity index (χ0n) is 14.4. The largest absolute Gasteiger partial charge is 0.508 e. The van der Waals surface area contributed by atoms with Crippen molar-refractivity contribution in [3.05, 3.63) is 70.8 Å². The zero-order chi connectivity index (χ0) is 17.2. The van der Waals surface area contributed by atoms with E-state index in [1.807, 2.05) is 23.1 Å². The third-order valence-electron chi connectivity index (χ3n) is 5.33. The molecule has 0 bridgehead atoms. The van der Waals surface area contributed by atoms with Gasteiger partial charge in [0.25, 0.3) is 5.91 Å². The highest BCUT2D eigenvalue weighted by Crippen LogP contribution is 2.26. The van der Waals surface area contributed by atoms with Crippen LogP contribution in [0.4, 0.5) is 0 Å². The molecule has 0 fully saturated rings. The number of phenolic OH excluding ortho intramolecular Hbond substituents is 1. The van der Waals surface area contributed by atoms with E-state index in [0.717, 1.165) is 36.9 Å². The summed E-state index contributed by atoms with van der Waals surface area (Å²) in [5, 5.41) is 9.41. The molecule has 0 spiro atoms. The van der Waals surface area contributed by atoms with Gasteiger partial charge in [-0.2, -0.15) is 0 Å². The smallest absolute Gasteiger partial charge is 0.254 e. The molecule has 0 saturated carbocycles. The highest BCUT2D eigenvalue weighted by molar-refractivity contribution is 5.95. The second-order valence-corrected chi connectivity index (χ2v) is 6.97. The van der Waals surface area contributed by atoms with E-state index in [0.29, 0.717) is 6.54 Å². The van der Waals surface area contributed by atoms with E-state index in [1.165, 1.54) is 29.5 Å². The quantitative estimate of drug-likeness (QED) is 0.895. The molecule has 1 amide bonds. The number of rotatable bonds is 2. The van der Waals surface area contributed by atoms with Gasteiger partial charge in [-0.1, -0.05) is 24.3 Å². The van der Waals surface area contributed by atoms with Crippen LogP contribution in [0.25, 0.3) is 5.57 Å². The zero-order valence-corrected chi connectivity index (χ0v) is 14.4. The van der Waals surface area contributed by atoms with E-state index >= 15 is 0 Å². The number of aryl methyl sites for hydroxylation is 2. The van der Waals surface area contributed by atoms with Crippen molar-refractivity contribution in [1.82, 2.24) is 4.90 Å². The lowest BCUT2D eigenvalue weighted by Crippen LogP contribution is -2.34. The minimum Gasteiger partial charge on any atom is -0.508 e. The minimum absolute atomic E-state index is 0.134.